The number of anilines is 2. The van der Waals surface area contributed by atoms with Crippen molar-refractivity contribution in [3.8, 4) is 5.75 Å². The van der Waals surface area contributed by atoms with Gasteiger partial charge in [-0.3, -0.25) is 9.59 Å². The molecule has 0 bridgehead atoms. The van der Waals surface area contributed by atoms with Crippen LogP contribution in [-0.2, 0) is 9.59 Å². The maximum Gasteiger partial charge on any atom is 0.343 e. The summed E-state index contributed by atoms with van der Waals surface area (Å²) in [5.41, 5.74) is 2.84. The SMILES string of the molecule is Cc1cccc(N2C(=O)C(Cl)=C(Nc3ccc(C(=O)Oc4ccc(Cl)cc4C)cc3)C2=O)c1. The number of amides is 2. The Hall–Kier alpha value is -3.61. The molecule has 0 atom stereocenters. The molecule has 1 heterocycles. The Morgan fingerprint density at radius 2 is 1.64 bits per heavy atom. The third-order valence-electron chi connectivity index (χ3n) is 5.02. The first-order valence-corrected chi connectivity index (χ1v) is 10.7. The minimum absolute atomic E-state index is 0.0321. The summed E-state index contributed by atoms with van der Waals surface area (Å²) in [6, 6.07) is 18.3. The molecule has 8 heteroatoms. The average Bonchev–Trinajstić information content (AvgIpc) is 2.99. The molecule has 0 saturated heterocycles. The fourth-order valence-electron chi connectivity index (χ4n) is 3.33. The molecule has 3 aromatic rings. The zero-order valence-corrected chi connectivity index (χ0v) is 19.2. The second-order valence-corrected chi connectivity index (χ2v) is 8.29. The minimum atomic E-state index is -0.603. The highest BCUT2D eigenvalue weighted by Gasteiger charge is 2.39. The molecule has 1 aliphatic heterocycles. The lowest BCUT2D eigenvalue weighted by atomic mass is 10.2. The van der Waals surface area contributed by atoms with Crippen LogP contribution in [0.5, 0.6) is 5.75 Å². The molecule has 1 N–H and O–H groups in total. The number of carbonyl (C=O) groups is 3. The molecule has 0 aromatic heterocycles. The van der Waals surface area contributed by atoms with E-state index in [1.165, 1.54) is 0 Å². The lowest BCUT2D eigenvalue weighted by Crippen LogP contribution is -2.32. The van der Waals surface area contributed by atoms with Crippen molar-refractivity contribution in [2.45, 2.75) is 13.8 Å². The number of hydrogen-bond donors (Lipinski definition) is 1. The summed E-state index contributed by atoms with van der Waals surface area (Å²) in [5, 5.41) is 3.23. The first-order chi connectivity index (χ1) is 15.7. The maximum atomic E-state index is 12.9. The normalized spacial score (nSPS) is 13.5. The lowest BCUT2D eigenvalue weighted by molar-refractivity contribution is -0.120. The zero-order valence-electron chi connectivity index (χ0n) is 17.7. The van der Waals surface area contributed by atoms with Crippen LogP contribution in [0.15, 0.2) is 77.5 Å². The second-order valence-electron chi connectivity index (χ2n) is 7.48. The molecule has 0 spiro atoms. The van der Waals surface area contributed by atoms with Gasteiger partial charge in [0.05, 0.1) is 11.3 Å². The van der Waals surface area contributed by atoms with Crippen molar-refractivity contribution in [2.75, 3.05) is 10.2 Å². The van der Waals surface area contributed by atoms with Crippen molar-refractivity contribution >= 4 is 52.4 Å². The van der Waals surface area contributed by atoms with Crippen molar-refractivity contribution in [1.82, 2.24) is 0 Å². The van der Waals surface area contributed by atoms with E-state index in [4.69, 9.17) is 27.9 Å². The van der Waals surface area contributed by atoms with Gasteiger partial charge in [-0.15, -0.1) is 0 Å². The van der Waals surface area contributed by atoms with Gasteiger partial charge in [0.15, 0.2) is 0 Å². The van der Waals surface area contributed by atoms with Gasteiger partial charge in [-0.1, -0.05) is 35.3 Å². The van der Waals surface area contributed by atoms with Crippen LogP contribution >= 0.6 is 23.2 Å². The number of hydrogen-bond acceptors (Lipinski definition) is 5. The van der Waals surface area contributed by atoms with Crippen molar-refractivity contribution in [3.05, 3.63) is 99.2 Å². The van der Waals surface area contributed by atoms with Crippen molar-refractivity contribution < 1.29 is 19.1 Å². The Morgan fingerprint density at radius 1 is 0.909 bits per heavy atom. The molecule has 33 heavy (non-hydrogen) atoms. The van der Waals surface area contributed by atoms with E-state index in [1.54, 1.807) is 67.6 Å². The van der Waals surface area contributed by atoms with E-state index >= 15 is 0 Å². The number of rotatable bonds is 5. The Bertz CT molecular complexity index is 1320. The highest BCUT2D eigenvalue weighted by atomic mass is 35.5. The molecule has 6 nitrogen and oxygen atoms in total. The molecule has 1 aliphatic rings. The number of ether oxygens (including phenoxy) is 1. The molecule has 0 aliphatic carbocycles. The summed E-state index contributed by atoms with van der Waals surface area (Å²) in [7, 11) is 0. The van der Waals surface area contributed by atoms with Crippen LogP contribution in [0.1, 0.15) is 21.5 Å². The monoisotopic (exact) mass is 480 g/mol. The Labute approximate surface area is 200 Å². The van der Waals surface area contributed by atoms with Crippen molar-refractivity contribution in [3.63, 3.8) is 0 Å². The number of nitrogens with one attached hydrogen (secondary N) is 1. The van der Waals surface area contributed by atoms with Gasteiger partial charge in [0.25, 0.3) is 11.8 Å². The van der Waals surface area contributed by atoms with Crippen LogP contribution in [0.4, 0.5) is 11.4 Å². The lowest BCUT2D eigenvalue weighted by Gasteiger charge is -2.15. The third kappa shape index (κ3) is 4.62. The van der Waals surface area contributed by atoms with Crippen LogP contribution in [0, 0.1) is 13.8 Å². The molecule has 0 radical (unpaired) electrons. The van der Waals surface area contributed by atoms with E-state index in [-0.39, 0.29) is 10.7 Å². The number of halogens is 2. The molecule has 4 rings (SSSR count). The van der Waals surface area contributed by atoms with Crippen LogP contribution in [0.2, 0.25) is 5.02 Å². The quantitative estimate of drug-likeness (QED) is 0.291. The summed E-state index contributed by atoms with van der Waals surface area (Å²) in [6.45, 7) is 3.66. The predicted molar refractivity (Wildman–Crippen MR) is 128 cm³/mol. The molecule has 0 fully saturated rings. The second kappa shape index (κ2) is 9.10. The Kier molecular flexibility index (Phi) is 6.22. The summed E-state index contributed by atoms with van der Waals surface area (Å²) in [4.78, 5) is 39.0. The third-order valence-corrected chi connectivity index (χ3v) is 5.60. The topological polar surface area (TPSA) is 75.7 Å². The van der Waals surface area contributed by atoms with Gasteiger partial charge in [0.2, 0.25) is 0 Å². The number of benzene rings is 3. The molecule has 166 valence electrons. The molecular weight excluding hydrogens is 463 g/mol. The molecule has 3 aromatic carbocycles. The summed E-state index contributed by atoms with van der Waals surface area (Å²) >= 11 is 12.1. The van der Waals surface area contributed by atoms with Crippen LogP contribution in [0.3, 0.4) is 0 Å². The van der Waals surface area contributed by atoms with Crippen LogP contribution < -0.4 is 15.0 Å². The fraction of sp³-hybridized carbons (Fsp3) is 0.0800. The van der Waals surface area contributed by atoms with E-state index in [0.29, 0.717) is 27.7 Å². The maximum absolute atomic E-state index is 12.9. The van der Waals surface area contributed by atoms with Gasteiger partial charge >= 0.3 is 5.97 Å². The number of carbonyl (C=O) groups excluding carboxylic acids is 3. The fourth-order valence-corrected chi connectivity index (χ4v) is 3.77. The summed E-state index contributed by atoms with van der Waals surface area (Å²) < 4.78 is 5.43. The first kappa shape index (κ1) is 22.6. The van der Waals surface area contributed by atoms with Crippen molar-refractivity contribution in [2.24, 2.45) is 0 Å². The molecular formula is C25H18Cl2N2O4. The van der Waals surface area contributed by atoms with E-state index < -0.39 is 17.8 Å². The van der Waals surface area contributed by atoms with Gasteiger partial charge in [-0.2, -0.15) is 0 Å². The van der Waals surface area contributed by atoms with Gasteiger partial charge in [0.1, 0.15) is 16.5 Å². The number of aryl methyl sites for hydroxylation is 2. The standard InChI is InChI=1S/C25H18Cl2N2O4/c1-14-4-3-5-19(12-14)29-23(30)21(27)22(24(29)31)28-18-9-6-16(7-10-18)25(32)33-20-11-8-17(26)13-15(20)2/h3-13,28H,1-2H3. The summed E-state index contributed by atoms with van der Waals surface area (Å²) in [6.07, 6.45) is 0. The highest BCUT2D eigenvalue weighted by Crippen LogP contribution is 2.30. The Balaban J connectivity index is 1.49. The highest BCUT2D eigenvalue weighted by molar-refractivity contribution is 6.53. The average molecular weight is 481 g/mol. The molecule has 0 saturated carbocycles. The van der Waals surface area contributed by atoms with Gasteiger partial charge < -0.3 is 10.1 Å². The number of imide groups is 1. The van der Waals surface area contributed by atoms with E-state index in [2.05, 4.69) is 5.32 Å². The number of esters is 1. The van der Waals surface area contributed by atoms with Crippen LogP contribution in [-0.4, -0.2) is 17.8 Å². The first-order valence-electron chi connectivity index (χ1n) is 9.95. The smallest absolute Gasteiger partial charge is 0.343 e. The minimum Gasteiger partial charge on any atom is -0.423 e. The van der Waals surface area contributed by atoms with Crippen LogP contribution in [0.25, 0.3) is 0 Å². The molecule has 2 amide bonds. The largest absolute Gasteiger partial charge is 0.423 e. The van der Waals surface area contributed by atoms with E-state index in [1.807, 2.05) is 13.0 Å². The van der Waals surface area contributed by atoms with Crippen molar-refractivity contribution in [1.29, 1.82) is 0 Å². The van der Waals surface area contributed by atoms with Gasteiger partial charge in [-0.05, 0) is 79.6 Å². The predicted octanol–water partition coefficient (Wildman–Crippen LogP) is 5.61. The Morgan fingerprint density at radius 3 is 2.30 bits per heavy atom. The number of nitrogens with zero attached hydrogens (tertiary/aromatic N) is 1. The van der Waals surface area contributed by atoms with E-state index in [0.717, 1.165) is 16.0 Å². The van der Waals surface area contributed by atoms with E-state index in [9.17, 15) is 14.4 Å². The van der Waals surface area contributed by atoms with Gasteiger partial charge in [0, 0.05) is 10.7 Å². The zero-order chi connectivity index (χ0) is 23.7. The summed E-state index contributed by atoms with van der Waals surface area (Å²) in [5.74, 6) is -1.29. The van der Waals surface area contributed by atoms with Gasteiger partial charge in [-0.25, -0.2) is 9.69 Å². The molecule has 0 unspecified atom stereocenters.